The molecule has 0 spiro atoms. The minimum Gasteiger partial charge on any atom is -0.313 e. The largest absolute Gasteiger partial charge is 0.313 e. The Morgan fingerprint density at radius 1 is 0.900 bits per heavy atom. The zero-order valence-corrected chi connectivity index (χ0v) is 12.3. The lowest BCUT2D eigenvalue weighted by atomic mass is 9.89. The van der Waals surface area contributed by atoms with Crippen LogP contribution in [-0.2, 0) is 19.4 Å². The molecule has 20 heavy (non-hydrogen) atoms. The van der Waals surface area contributed by atoms with Crippen LogP contribution in [0.5, 0.6) is 0 Å². The lowest BCUT2D eigenvalue weighted by Gasteiger charge is -2.17. The molecular formula is C19H23N. The van der Waals surface area contributed by atoms with Crippen molar-refractivity contribution in [3.63, 3.8) is 0 Å². The Balaban J connectivity index is 1.88. The fraction of sp³-hybridized carbons (Fsp3) is 0.368. The van der Waals surface area contributed by atoms with Crippen LogP contribution >= 0.6 is 0 Å². The molecule has 0 bridgehead atoms. The highest BCUT2D eigenvalue weighted by atomic mass is 14.8. The topological polar surface area (TPSA) is 12.0 Å². The predicted molar refractivity (Wildman–Crippen MR) is 85.9 cm³/mol. The van der Waals surface area contributed by atoms with Gasteiger partial charge in [-0.2, -0.15) is 0 Å². The van der Waals surface area contributed by atoms with E-state index in [0.29, 0.717) is 0 Å². The molecule has 0 saturated carbocycles. The van der Waals surface area contributed by atoms with Gasteiger partial charge in [-0.1, -0.05) is 43.3 Å². The van der Waals surface area contributed by atoms with E-state index in [0.717, 1.165) is 13.1 Å². The summed E-state index contributed by atoms with van der Waals surface area (Å²) in [5.74, 6) is 0. The highest BCUT2D eigenvalue weighted by molar-refractivity contribution is 5.65. The van der Waals surface area contributed by atoms with Gasteiger partial charge in [0.2, 0.25) is 0 Å². The third kappa shape index (κ3) is 2.94. The van der Waals surface area contributed by atoms with Crippen molar-refractivity contribution in [3.8, 4) is 11.1 Å². The van der Waals surface area contributed by atoms with Gasteiger partial charge in [0.05, 0.1) is 0 Å². The Hall–Kier alpha value is -1.60. The van der Waals surface area contributed by atoms with Crippen LogP contribution in [0.3, 0.4) is 0 Å². The number of nitrogens with one attached hydrogen (secondary N) is 1. The van der Waals surface area contributed by atoms with Gasteiger partial charge in [0.25, 0.3) is 0 Å². The molecule has 2 aromatic carbocycles. The van der Waals surface area contributed by atoms with Crippen LogP contribution in [0.1, 0.15) is 36.5 Å². The molecule has 0 saturated heterocycles. The highest BCUT2D eigenvalue weighted by Gasteiger charge is 2.10. The Labute approximate surface area is 122 Å². The minimum absolute atomic E-state index is 0.954. The van der Waals surface area contributed by atoms with Crippen LogP contribution in [0.25, 0.3) is 11.1 Å². The SMILES string of the molecule is CCNCc1cccc(-c2ccc3c(c2)CCCC3)c1. The number of fused-ring (bicyclic) bond motifs is 1. The lowest BCUT2D eigenvalue weighted by Crippen LogP contribution is -2.11. The van der Waals surface area contributed by atoms with Crippen LogP contribution in [0.4, 0.5) is 0 Å². The number of hydrogen-bond donors (Lipinski definition) is 1. The van der Waals surface area contributed by atoms with Gasteiger partial charge in [-0.25, -0.2) is 0 Å². The predicted octanol–water partition coefficient (Wildman–Crippen LogP) is 4.34. The summed E-state index contributed by atoms with van der Waals surface area (Å²) in [5.41, 5.74) is 7.19. The molecule has 0 amide bonds. The minimum atomic E-state index is 0.954. The number of aryl methyl sites for hydroxylation is 2. The summed E-state index contributed by atoms with van der Waals surface area (Å²) in [6.45, 7) is 4.12. The fourth-order valence-corrected chi connectivity index (χ4v) is 3.04. The van der Waals surface area contributed by atoms with Crippen LogP contribution in [0.2, 0.25) is 0 Å². The quantitative estimate of drug-likeness (QED) is 0.867. The molecule has 0 radical (unpaired) electrons. The average Bonchev–Trinajstić information content (AvgIpc) is 2.53. The van der Waals surface area contributed by atoms with Gasteiger partial charge < -0.3 is 5.32 Å². The fourth-order valence-electron chi connectivity index (χ4n) is 3.04. The molecule has 0 aliphatic heterocycles. The van der Waals surface area contributed by atoms with Crippen molar-refractivity contribution in [3.05, 3.63) is 59.2 Å². The third-order valence-corrected chi connectivity index (χ3v) is 4.19. The smallest absolute Gasteiger partial charge is 0.0205 e. The molecule has 0 heterocycles. The van der Waals surface area contributed by atoms with Gasteiger partial charge in [-0.05, 0) is 66.1 Å². The zero-order valence-electron chi connectivity index (χ0n) is 12.3. The molecule has 104 valence electrons. The van der Waals surface area contributed by atoms with Crippen molar-refractivity contribution < 1.29 is 0 Å². The van der Waals surface area contributed by atoms with Crippen LogP contribution < -0.4 is 5.32 Å². The number of benzene rings is 2. The van der Waals surface area contributed by atoms with Crippen molar-refractivity contribution in [2.24, 2.45) is 0 Å². The standard InChI is InChI=1S/C19H23N/c1-2-20-14-15-6-5-9-17(12-15)19-11-10-16-7-3-4-8-18(16)13-19/h5-6,9-13,20H,2-4,7-8,14H2,1H3. The first-order chi connectivity index (χ1) is 9.86. The Morgan fingerprint density at radius 2 is 1.70 bits per heavy atom. The third-order valence-electron chi connectivity index (χ3n) is 4.19. The van der Waals surface area contributed by atoms with Gasteiger partial charge in [0.15, 0.2) is 0 Å². The Morgan fingerprint density at radius 3 is 2.55 bits per heavy atom. The maximum atomic E-state index is 3.39. The number of hydrogen-bond acceptors (Lipinski definition) is 1. The van der Waals surface area contributed by atoms with E-state index < -0.39 is 0 Å². The summed E-state index contributed by atoms with van der Waals surface area (Å²) in [4.78, 5) is 0. The average molecular weight is 265 g/mol. The van der Waals surface area contributed by atoms with Gasteiger partial charge in [-0.15, -0.1) is 0 Å². The molecule has 1 heteroatoms. The van der Waals surface area contributed by atoms with E-state index in [9.17, 15) is 0 Å². The lowest BCUT2D eigenvalue weighted by molar-refractivity contribution is 0.686. The van der Waals surface area contributed by atoms with Crippen molar-refractivity contribution in [2.45, 2.75) is 39.2 Å². The van der Waals surface area contributed by atoms with E-state index in [4.69, 9.17) is 0 Å². The number of rotatable bonds is 4. The molecular weight excluding hydrogens is 242 g/mol. The van der Waals surface area contributed by atoms with Gasteiger partial charge in [0, 0.05) is 6.54 Å². The van der Waals surface area contributed by atoms with Gasteiger partial charge >= 0.3 is 0 Å². The first-order valence-electron chi connectivity index (χ1n) is 7.78. The molecule has 0 unspecified atom stereocenters. The molecule has 0 atom stereocenters. The van der Waals surface area contributed by atoms with Crippen molar-refractivity contribution >= 4 is 0 Å². The van der Waals surface area contributed by atoms with Gasteiger partial charge in [0.1, 0.15) is 0 Å². The van der Waals surface area contributed by atoms with Crippen molar-refractivity contribution in [1.29, 1.82) is 0 Å². The van der Waals surface area contributed by atoms with E-state index in [1.165, 1.54) is 42.4 Å². The van der Waals surface area contributed by atoms with E-state index in [-0.39, 0.29) is 0 Å². The molecule has 3 rings (SSSR count). The first kappa shape index (κ1) is 13.4. The monoisotopic (exact) mass is 265 g/mol. The van der Waals surface area contributed by atoms with Crippen LogP contribution in [-0.4, -0.2) is 6.54 Å². The molecule has 0 aromatic heterocycles. The Bertz CT molecular complexity index is 586. The van der Waals surface area contributed by atoms with Gasteiger partial charge in [-0.3, -0.25) is 0 Å². The first-order valence-corrected chi connectivity index (χ1v) is 7.78. The normalized spacial score (nSPS) is 14.1. The summed E-state index contributed by atoms with van der Waals surface area (Å²) in [7, 11) is 0. The Kier molecular flexibility index (Phi) is 4.17. The molecule has 1 N–H and O–H groups in total. The van der Waals surface area contributed by atoms with E-state index in [2.05, 4.69) is 54.7 Å². The summed E-state index contributed by atoms with van der Waals surface area (Å²) in [6.07, 6.45) is 5.21. The zero-order chi connectivity index (χ0) is 13.8. The molecule has 2 aromatic rings. The van der Waals surface area contributed by atoms with Crippen molar-refractivity contribution in [1.82, 2.24) is 5.32 Å². The van der Waals surface area contributed by atoms with Crippen LogP contribution in [0, 0.1) is 0 Å². The summed E-state index contributed by atoms with van der Waals surface area (Å²) < 4.78 is 0. The maximum Gasteiger partial charge on any atom is 0.0205 e. The summed E-state index contributed by atoms with van der Waals surface area (Å²) >= 11 is 0. The van der Waals surface area contributed by atoms with Crippen LogP contribution in [0.15, 0.2) is 42.5 Å². The van der Waals surface area contributed by atoms with E-state index in [1.54, 1.807) is 11.1 Å². The molecule has 0 fully saturated rings. The highest BCUT2D eigenvalue weighted by Crippen LogP contribution is 2.27. The second-order valence-electron chi connectivity index (χ2n) is 5.67. The van der Waals surface area contributed by atoms with Crippen molar-refractivity contribution in [2.75, 3.05) is 6.54 Å². The summed E-state index contributed by atoms with van der Waals surface area (Å²) in [6, 6.07) is 15.9. The van der Waals surface area contributed by atoms with E-state index in [1.807, 2.05) is 0 Å². The second-order valence-corrected chi connectivity index (χ2v) is 5.67. The molecule has 1 nitrogen and oxygen atoms in total. The second kappa shape index (κ2) is 6.23. The molecule has 1 aliphatic rings. The summed E-state index contributed by atoms with van der Waals surface area (Å²) in [5, 5.41) is 3.39. The molecule has 1 aliphatic carbocycles. The van der Waals surface area contributed by atoms with E-state index >= 15 is 0 Å². The maximum absolute atomic E-state index is 3.39.